The first kappa shape index (κ1) is 16.6. The van der Waals surface area contributed by atoms with Crippen molar-refractivity contribution in [2.24, 2.45) is 0 Å². The van der Waals surface area contributed by atoms with Gasteiger partial charge in [-0.25, -0.2) is 0 Å². The summed E-state index contributed by atoms with van der Waals surface area (Å²) in [4.78, 5) is 0. The highest BCUT2D eigenvalue weighted by molar-refractivity contribution is 5.51. The zero-order chi connectivity index (χ0) is 16.8. The van der Waals surface area contributed by atoms with Gasteiger partial charge in [0.1, 0.15) is 6.10 Å². The summed E-state index contributed by atoms with van der Waals surface area (Å²) in [5.74, 6) is 1.86. The number of benzene rings is 2. The van der Waals surface area contributed by atoms with Crippen molar-refractivity contribution in [1.82, 2.24) is 5.32 Å². The number of ether oxygens (including phenoxy) is 4. The Morgan fingerprint density at radius 2 is 1.71 bits per heavy atom. The van der Waals surface area contributed by atoms with E-state index in [2.05, 4.69) is 5.32 Å². The number of methoxy groups -OCH3 is 2. The third-order valence-corrected chi connectivity index (χ3v) is 4.05. The first-order chi connectivity index (χ1) is 11.8. The molecule has 2 aromatic rings. The Morgan fingerprint density at radius 1 is 1.00 bits per heavy atom. The Kier molecular flexibility index (Phi) is 5.56. The number of para-hydroxylation sites is 1. The first-order valence-electron chi connectivity index (χ1n) is 8.08. The predicted molar refractivity (Wildman–Crippen MR) is 92.0 cm³/mol. The Labute approximate surface area is 142 Å². The highest BCUT2D eigenvalue weighted by atomic mass is 16.6. The summed E-state index contributed by atoms with van der Waals surface area (Å²) in [5.41, 5.74) is 1.05. The molecule has 5 heteroatoms. The maximum atomic E-state index is 6.37. The van der Waals surface area contributed by atoms with Gasteiger partial charge in [0, 0.05) is 13.1 Å². The van der Waals surface area contributed by atoms with E-state index in [0.717, 1.165) is 18.7 Å². The lowest BCUT2D eigenvalue weighted by atomic mass is 10.0. The van der Waals surface area contributed by atoms with E-state index in [1.165, 1.54) is 0 Å². The van der Waals surface area contributed by atoms with Crippen LogP contribution >= 0.6 is 0 Å². The Hall–Kier alpha value is -2.24. The molecule has 1 fully saturated rings. The molecule has 0 aliphatic carbocycles. The standard InChI is InChI=1S/C19H23NO4/c1-21-15-9-6-10-16(22-2)19(15)24-18(14-7-4-3-5-8-14)17-13-20-11-12-23-17/h3-10,17-18,20H,11-13H2,1-2H3/t17-,18?/m0/s1. The van der Waals surface area contributed by atoms with E-state index in [9.17, 15) is 0 Å². The van der Waals surface area contributed by atoms with Gasteiger partial charge < -0.3 is 24.3 Å². The molecule has 2 atom stereocenters. The topological polar surface area (TPSA) is 49.0 Å². The van der Waals surface area contributed by atoms with E-state index in [1.807, 2.05) is 48.5 Å². The van der Waals surface area contributed by atoms with Gasteiger partial charge in [0.05, 0.1) is 20.8 Å². The average Bonchev–Trinajstić information content (AvgIpc) is 2.67. The number of hydrogen-bond acceptors (Lipinski definition) is 5. The summed E-state index contributed by atoms with van der Waals surface area (Å²) >= 11 is 0. The SMILES string of the molecule is COc1cccc(OC)c1OC(c1ccccc1)[C@@H]1CNCCO1. The summed E-state index contributed by atoms with van der Waals surface area (Å²) in [6, 6.07) is 15.7. The van der Waals surface area contributed by atoms with Crippen molar-refractivity contribution < 1.29 is 18.9 Å². The number of nitrogens with one attached hydrogen (secondary N) is 1. The van der Waals surface area contributed by atoms with Crippen LogP contribution in [0.4, 0.5) is 0 Å². The van der Waals surface area contributed by atoms with Gasteiger partial charge in [0.25, 0.3) is 0 Å². The third-order valence-electron chi connectivity index (χ3n) is 4.05. The van der Waals surface area contributed by atoms with Crippen molar-refractivity contribution in [1.29, 1.82) is 0 Å². The maximum Gasteiger partial charge on any atom is 0.204 e. The smallest absolute Gasteiger partial charge is 0.204 e. The van der Waals surface area contributed by atoms with E-state index < -0.39 is 0 Å². The minimum absolute atomic E-state index is 0.0873. The molecule has 3 rings (SSSR count). The van der Waals surface area contributed by atoms with Gasteiger partial charge in [0.15, 0.2) is 17.6 Å². The van der Waals surface area contributed by atoms with Gasteiger partial charge in [-0.15, -0.1) is 0 Å². The minimum atomic E-state index is -0.260. The van der Waals surface area contributed by atoms with Crippen molar-refractivity contribution >= 4 is 0 Å². The first-order valence-corrected chi connectivity index (χ1v) is 8.08. The molecular weight excluding hydrogens is 306 g/mol. The fraction of sp³-hybridized carbons (Fsp3) is 0.368. The fourth-order valence-corrected chi connectivity index (χ4v) is 2.84. The van der Waals surface area contributed by atoms with Gasteiger partial charge in [-0.2, -0.15) is 0 Å². The summed E-state index contributed by atoms with van der Waals surface area (Å²) in [6.07, 6.45) is -0.347. The molecule has 1 unspecified atom stereocenters. The molecule has 0 radical (unpaired) electrons. The molecule has 128 valence electrons. The van der Waals surface area contributed by atoms with Crippen LogP contribution in [0.1, 0.15) is 11.7 Å². The lowest BCUT2D eigenvalue weighted by Gasteiger charge is -2.32. The minimum Gasteiger partial charge on any atom is -0.493 e. The number of morpholine rings is 1. The van der Waals surface area contributed by atoms with E-state index in [4.69, 9.17) is 18.9 Å². The second-order valence-corrected chi connectivity index (χ2v) is 5.55. The molecule has 0 amide bonds. The molecule has 0 bridgehead atoms. The van der Waals surface area contributed by atoms with Gasteiger partial charge in [-0.3, -0.25) is 0 Å². The van der Waals surface area contributed by atoms with Crippen LogP contribution in [-0.4, -0.2) is 40.0 Å². The van der Waals surface area contributed by atoms with E-state index in [0.29, 0.717) is 23.9 Å². The Bertz CT molecular complexity index is 619. The van der Waals surface area contributed by atoms with Crippen molar-refractivity contribution in [2.45, 2.75) is 12.2 Å². The summed E-state index contributed by atoms with van der Waals surface area (Å²) in [5, 5.41) is 3.36. The van der Waals surface area contributed by atoms with Crippen molar-refractivity contribution in [3.8, 4) is 17.2 Å². The molecule has 24 heavy (non-hydrogen) atoms. The number of rotatable bonds is 6. The van der Waals surface area contributed by atoms with Crippen LogP contribution in [-0.2, 0) is 4.74 Å². The van der Waals surface area contributed by atoms with Crippen molar-refractivity contribution in [3.05, 3.63) is 54.1 Å². The van der Waals surface area contributed by atoms with Crippen molar-refractivity contribution in [2.75, 3.05) is 33.9 Å². The Balaban J connectivity index is 1.95. The molecule has 1 aliphatic rings. The third kappa shape index (κ3) is 3.63. The molecule has 0 aromatic heterocycles. The second kappa shape index (κ2) is 8.04. The van der Waals surface area contributed by atoms with E-state index >= 15 is 0 Å². The lowest BCUT2D eigenvalue weighted by Crippen LogP contribution is -2.43. The largest absolute Gasteiger partial charge is 0.493 e. The fourth-order valence-electron chi connectivity index (χ4n) is 2.84. The normalized spacial score (nSPS) is 18.7. The predicted octanol–water partition coefficient (Wildman–Crippen LogP) is 2.81. The summed E-state index contributed by atoms with van der Waals surface area (Å²) in [6.45, 7) is 2.26. The van der Waals surface area contributed by atoms with Gasteiger partial charge in [0.2, 0.25) is 5.75 Å². The van der Waals surface area contributed by atoms with Crippen LogP contribution in [0.2, 0.25) is 0 Å². The van der Waals surface area contributed by atoms with Crippen LogP contribution in [0.15, 0.2) is 48.5 Å². The second-order valence-electron chi connectivity index (χ2n) is 5.55. The van der Waals surface area contributed by atoms with Gasteiger partial charge >= 0.3 is 0 Å². The average molecular weight is 329 g/mol. The molecule has 1 N–H and O–H groups in total. The molecule has 1 saturated heterocycles. The van der Waals surface area contributed by atoms with Crippen LogP contribution < -0.4 is 19.5 Å². The zero-order valence-corrected chi connectivity index (χ0v) is 14.0. The highest BCUT2D eigenvalue weighted by Gasteiger charge is 2.29. The molecular formula is C19H23NO4. The van der Waals surface area contributed by atoms with Crippen LogP contribution in [0.25, 0.3) is 0 Å². The molecule has 1 aliphatic heterocycles. The summed E-state index contributed by atoms with van der Waals surface area (Å²) in [7, 11) is 3.25. The molecule has 5 nitrogen and oxygen atoms in total. The maximum absolute atomic E-state index is 6.37. The van der Waals surface area contributed by atoms with E-state index in [-0.39, 0.29) is 12.2 Å². The number of hydrogen-bond donors (Lipinski definition) is 1. The van der Waals surface area contributed by atoms with Crippen molar-refractivity contribution in [3.63, 3.8) is 0 Å². The zero-order valence-electron chi connectivity index (χ0n) is 14.0. The highest BCUT2D eigenvalue weighted by Crippen LogP contribution is 2.40. The Morgan fingerprint density at radius 3 is 2.29 bits per heavy atom. The van der Waals surface area contributed by atoms with Gasteiger partial charge in [-0.05, 0) is 17.7 Å². The molecule has 1 heterocycles. The summed E-state index contributed by atoms with van der Waals surface area (Å²) < 4.78 is 23.2. The van der Waals surface area contributed by atoms with Crippen LogP contribution in [0, 0.1) is 0 Å². The van der Waals surface area contributed by atoms with Crippen LogP contribution in [0.5, 0.6) is 17.2 Å². The molecule has 0 saturated carbocycles. The monoisotopic (exact) mass is 329 g/mol. The molecule has 2 aromatic carbocycles. The molecule has 0 spiro atoms. The van der Waals surface area contributed by atoms with Gasteiger partial charge in [-0.1, -0.05) is 36.4 Å². The lowest BCUT2D eigenvalue weighted by molar-refractivity contribution is -0.0444. The quantitative estimate of drug-likeness (QED) is 0.883. The van der Waals surface area contributed by atoms with E-state index in [1.54, 1.807) is 14.2 Å². The van der Waals surface area contributed by atoms with Crippen LogP contribution in [0.3, 0.4) is 0 Å².